The van der Waals surface area contributed by atoms with Crippen LogP contribution in [0.1, 0.15) is 38.5 Å². The van der Waals surface area contributed by atoms with Crippen molar-refractivity contribution in [3.63, 3.8) is 0 Å². The van der Waals surface area contributed by atoms with Crippen molar-refractivity contribution >= 4 is 12.0 Å². The summed E-state index contributed by atoms with van der Waals surface area (Å²) in [5.41, 5.74) is -0.529. The second-order valence-corrected chi connectivity index (χ2v) is 6.22. The number of nitrogens with one attached hydrogen (secondary N) is 2. The maximum atomic E-state index is 11.8. The van der Waals surface area contributed by atoms with Gasteiger partial charge in [0.05, 0.1) is 5.41 Å². The monoisotopic (exact) mass is 284 g/mol. The molecule has 2 rings (SSSR count). The van der Waals surface area contributed by atoms with Crippen molar-refractivity contribution in [2.45, 2.75) is 38.5 Å². The van der Waals surface area contributed by atoms with E-state index >= 15 is 0 Å². The molecule has 0 heterocycles. The Balaban J connectivity index is 1.67. The van der Waals surface area contributed by atoms with Gasteiger partial charge in [-0.3, -0.25) is 4.79 Å². The lowest BCUT2D eigenvalue weighted by Gasteiger charge is -2.37. The van der Waals surface area contributed by atoms with Crippen LogP contribution in [-0.2, 0) is 9.53 Å². The third kappa shape index (κ3) is 3.42. The molecule has 0 atom stereocenters. The minimum atomic E-state index is -0.803. The second kappa shape index (κ2) is 5.99. The highest BCUT2D eigenvalue weighted by Crippen LogP contribution is 2.48. The molecule has 2 amide bonds. The number of carbonyl (C=O) groups is 2. The summed E-state index contributed by atoms with van der Waals surface area (Å²) in [6.07, 6.45) is 5.44. The van der Waals surface area contributed by atoms with E-state index in [4.69, 9.17) is 4.74 Å². The SMILES string of the molecule is COCCC1(CNC(=O)NCC2(C(=O)O)CCC2)CC1. The van der Waals surface area contributed by atoms with E-state index < -0.39 is 11.4 Å². The second-order valence-electron chi connectivity index (χ2n) is 6.22. The van der Waals surface area contributed by atoms with Crippen LogP contribution in [0.25, 0.3) is 0 Å². The van der Waals surface area contributed by atoms with Crippen LogP contribution in [0.4, 0.5) is 4.79 Å². The molecule has 0 unspecified atom stereocenters. The molecule has 6 nitrogen and oxygen atoms in total. The lowest BCUT2D eigenvalue weighted by molar-refractivity contribution is -0.153. The lowest BCUT2D eigenvalue weighted by atomic mass is 9.69. The van der Waals surface area contributed by atoms with Crippen molar-refractivity contribution in [2.75, 3.05) is 26.8 Å². The van der Waals surface area contributed by atoms with Crippen molar-refractivity contribution in [1.29, 1.82) is 0 Å². The molecule has 0 aliphatic heterocycles. The van der Waals surface area contributed by atoms with E-state index in [-0.39, 0.29) is 18.0 Å². The number of amides is 2. The smallest absolute Gasteiger partial charge is 0.314 e. The molecule has 114 valence electrons. The Kier molecular flexibility index (Phi) is 4.52. The molecule has 2 aliphatic rings. The van der Waals surface area contributed by atoms with Gasteiger partial charge in [0.25, 0.3) is 0 Å². The molecule has 0 aromatic carbocycles. The first-order valence-corrected chi connectivity index (χ1v) is 7.26. The fraction of sp³-hybridized carbons (Fsp3) is 0.857. The highest BCUT2D eigenvalue weighted by atomic mass is 16.5. The average molecular weight is 284 g/mol. The van der Waals surface area contributed by atoms with E-state index in [2.05, 4.69) is 10.6 Å². The van der Waals surface area contributed by atoms with Crippen molar-refractivity contribution in [3.8, 4) is 0 Å². The van der Waals surface area contributed by atoms with Gasteiger partial charge < -0.3 is 20.5 Å². The summed E-state index contributed by atoms with van der Waals surface area (Å²) in [6, 6.07) is -0.263. The molecule has 2 saturated carbocycles. The molecule has 0 aromatic heterocycles. The van der Waals surface area contributed by atoms with Crippen LogP contribution in [0, 0.1) is 10.8 Å². The van der Waals surface area contributed by atoms with E-state index in [1.54, 1.807) is 7.11 Å². The van der Waals surface area contributed by atoms with Gasteiger partial charge in [-0.2, -0.15) is 0 Å². The minimum absolute atomic E-state index is 0.203. The molecular weight excluding hydrogens is 260 g/mol. The zero-order chi connectivity index (χ0) is 14.6. The molecule has 0 aromatic rings. The Morgan fingerprint density at radius 1 is 1.15 bits per heavy atom. The fourth-order valence-electron chi connectivity index (χ4n) is 2.66. The van der Waals surface area contributed by atoms with Gasteiger partial charge in [-0.25, -0.2) is 4.79 Å². The number of hydrogen-bond acceptors (Lipinski definition) is 3. The first kappa shape index (κ1) is 15.1. The normalized spacial score (nSPS) is 21.6. The van der Waals surface area contributed by atoms with E-state index in [1.807, 2.05) is 0 Å². The average Bonchev–Trinajstić information content (AvgIpc) is 3.13. The van der Waals surface area contributed by atoms with Crippen LogP contribution in [-0.4, -0.2) is 43.9 Å². The molecule has 0 spiro atoms. The van der Waals surface area contributed by atoms with Gasteiger partial charge in [0.1, 0.15) is 0 Å². The number of methoxy groups -OCH3 is 1. The van der Waals surface area contributed by atoms with Gasteiger partial charge in [0.2, 0.25) is 0 Å². The molecule has 2 aliphatic carbocycles. The van der Waals surface area contributed by atoms with Gasteiger partial charge in [-0.05, 0) is 37.5 Å². The van der Waals surface area contributed by atoms with Crippen molar-refractivity contribution < 1.29 is 19.4 Å². The summed E-state index contributed by atoms with van der Waals surface area (Å²) < 4.78 is 5.07. The third-order valence-corrected chi connectivity index (χ3v) is 4.77. The topological polar surface area (TPSA) is 87.7 Å². The predicted molar refractivity (Wildman–Crippen MR) is 73.5 cm³/mol. The summed E-state index contributed by atoms with van der Waals surface area (Å²) in [5.74, 6) is -0.803. The molecule has 20 heavy (non-hydrogen) atoms. The molecular formula is C14H24N2O4. The minimum Gasteiger partial charge on any atom is -0.481 e. The van der Waals surface area contributed by atoms with Gasteiger partial charge >= 0.3 is 12.0 Å². The summed E-state index contributed by atoms with van der Waals surface area (Å²) in [5, 5.41) is 14.7. The zero-order valence-corrected chi connectivity index (χ0v) is 12.0. The maximum absolute atomic E-state index is 11.8. The number of rotatable bonds is 8. The highest BCUT2D eigenvalue weighted by molar-refractivity contribution is 5.78. The standard InChI is InChI=1S/C14H24N2O4/c1-20-8-7-13(5-6-13)9-15-12(19)16-10-14(11(17)18)3-2-4-14/h2-10H2,1H3,(H,17,18)(H2,15,16,19). The van der Waals surface area contributed by atoms with E-state index in [9.17, 15) is 14.7 Å². The lowest BCUT2D eigenvalue weighted by Crippen LogP contribution is -2.50. The maximum Gasteiger partial charge on any atom is 0.314 e. The summed E-state index contributed by atoms with van der Waals surface area (Å²) in [6.45, 7) is 1.58. The Morgan fingerprint density at radius 3 is 2.25 bits per heavy atom. The largest absolute Gasteiger partial charge is 0.481 e. The van der Waals surface area contributed by atoms with Crippen molar-refractivity contribution in [2.24, 2.45) is 10.8 Å². The van der Waals surface area contributed by atoms with E-state index in [0.717, 1.165) is 25.7 Å². The number of carbonyl (C=O) groups excluding carboxylic acids is 1. The fourth-order valence-corrected chi connectivity index (χ4v) is 2.66. The van der Waals surface area contributed by atoms with E-state index in [0.29, 0.717) is 26.0 Å². The van der Waals surface area contributed by atoms with Crippen molar-refractivity contribution in [3.05, 3.63) is 0 Å². The first-order valence-electron chi connectivity index (χ1n) is 7.26. The van der Waals surface area contributed by atoms with Crippen LogP contribution in [0.5, 0.6) is 0 Å². The number of aliphatic carboxylic acids is 1. The first-order chi connectivity index (χ1) is 9.52. The Hall–Kier alpha value is -1.30. The highest BCUT2D eigenvalue weighted by Gasteiger charge is 2.45. The van der Waals surface area contributed by atoms with Crippen LogP contribution in [0.15, 0.2) is 0 Å². The van der Waals surface area contributed by atoms with Gasteiger partial charge in [-0.1, -0.05) is 6.42 Å². The zero-order valence-electron chi connectivity index (χ0n) is 12.0. The quantitative estimate of drug-likeness (QED) is 0.628. The molecule has 0 saturated heterocycles. The number of urea groups is 1. The van der Waals surface area contributed by atoms with Crippen LogP contribution < -0.4 is 10.6 Å². The van der Waals surface area contributed by atoms with Gasteiger partial charge in [-0.15, -0.1) is 0 Å². The van der Waals surface area contributed by atoms with Crippen LogP contribution >= 0.6 is 0 Å². The van der Waals surface area contributed by atoms with Crippen molar-refractivity contribution in [1.82, 2.24) is 10.6 Å². The number of carboxylic acid groups (broad SMARTS) is 1. The Labute approximate surface area is 119 Å². The summed E-state index contributed by atoms with van der Waals surface area (Å²) >= 11 is 0. The van der Waals surface area contributed by atoms with E-state index in [1.165, 1.54) is 0 Å². The number of ether oxygens (including phenoxy) is 1. The number of carboxylic acids is 1. The van der Waals surface area contributed by atoms with Gasteiger partial charge in [0, 0.05) is 26.8 Å². The van der Waals surface area contributed by atoms with Crippen LogP contribution in [0.3, 0.4) is 0 Å². The van der Waals surface area contributed by atoms with Crippen LogP contribution in [0.2, 0.25) is 0 Å². The predicted octanol–water partition coefficient (Wildman–Crippen LogP) is 1.36. The molecule has 2 fully saturated rings. The molecule has 0 bridgehead atoms. The summed E-state index contributed by atoms with van der Waals surface area (Å²) in [7, 11) is 1.68. The Morgan fingerprint density at radius 2 is 1.80 bits per heavy atom. The molecule has 0 radical (unpaired) electrons. The third-order valence-electron chi connectivity index (χ3n) is 4.77. The summed E-state index contributed by atoms with van der Waals surface area (Å²) in [4.78, 5) is 22.9. The molecule has 3 N–H and O–H groups in total. The van der Waals surface area contributed by atoms with Gasteiger partial charge in [0.15, 0.2) is 0 Å². The number of hydrogen-bond donors (Lipinski definition) is 3. The Bertz CT molecular complexity index is 375. The molecule has 6 heteroatoms.